The molecule has 28 heavy (non-hydrogen) atoms. The van der Waals surface area contributed by atoms with E-state index < -0.39 is 11.2 Å². The molecule has 1 saturated heterocycles. The molecule has 148 valence electrons. The molecule has 2 aromatic heterocycles. The van der Waals surface area contributed by atoms with Crippen molar-refractivity contribution in [3.8, 4) is 0 Å². The molecule has 1 aliphatic heterocycles. The lowest BCUT2D eigenvalue weighted by molar-refractivity contribution is -0.123. The highest BCUT2D eigenvalue weighted by Gasteiger charge is 2.33. The molecule has 1 saturated carbocycles. The van der Waals surface area contributed by atoms with E-state index in [0.29, 0.717) is 11.5 Å². The number of hydrogen-bond acceptors (Lipinski definition) is 6. The summed E-state index contributed by atoms with van der Waals surface area (Å²) in [6, 6.07) is 2.14. The number of carbonyl (C=O) groups excluding carboxylic acids is 1. The molecule has 1 aliphatic carbocycles. The lowest BCUT2D eigenvalue weighted by Gasteiger charge is -2.35. The molecule has 2 N–H and O–H groups in total. The number of aromatic amines is 1. The topological polar surface area (TPSA) is 113 Å². The number of aromatic nitrogens is 4. The van der Waals surface area contributed by atoms with E-state index in [0.717, 1.165) is 37.4 Å². The minimum Gasteiger partial charge on any atom is -0.357 e. The molecule has 0 bridgehead atoms. The van der Waals surface area contributed by atoms with Gasteiger partial charge in [0.1, 0.15) is 18.7 Å². The van der Waals surface area contributed by atoms with Crippen molar-refractivity contribution in [2.75, 3.05) is 18.0 Å². The molecule has 0 unspecified atom stereocenters. The minimum atomic E-state index is -0.576. The van der Waals surface area contributed by atoms with E-state index in [2.05, 4.69) is 31.2 Å². The highest BCUT2D eigenvalue weighted by Crippen LogP contribution is 2.36. The smallest absolute Gasteiger partial charge is 0.328 e. The van der Waals surface area contributed by atoms with Crippen molar-refractivity contribution < 1.29 is 4.79 Å². The first kappa shape index (κ1) is 18.4. The maximum absolute atomic E-state index is 12.2. The summed E-state index contributed by atoms with van der Waals surface area (Å²) in [5.74, 6) is 1.06. The SMILES string of the molecule is Cc1cn(CC(=O)NC2CC(c3cc(N4CCCC4)ncn3)C2)c(=O)[nH]c1=O. The Morgan fingerprint density at radius 2 is 2.00 bits per heavy atom. The van der Waals surface area contributed by atoms with Crippen LogP contribution in [0.25, 0.3) is 0 Å². The van der Waals surface area contributed by atoms with Crippen LogP contribution < -0.4 is 21.5 Å². The standard InChI is InChI=1S/C19H24N6O3/c1-12-9-25(19(28)23-18(12)27)10-17(26)22-14-6-13(7-14)15-8-16(21-11-20-15)24-4-2-3-5-24/h8-9,11,13-14H,2-7,10H2,1H3,(H,22,26)(H,23,27,28). The molecule has 1 amide bonds. The number of nitrogens with one attached hydrogen (secondary N) is 2. The predicted molar refractivity (Wildman–Crippen MR) is 103 cm³/mol. The fourth-order valence-electron chi connectivity index (χ4n) is 3.85. The fraction of sp³-hybridized carbons (Fsp3) is 0.526. The number of H-pyrrole nitrogens is 1. The molecule has 2 aromatic rings. The Morgan fingerprint density at radius 3 is 2.75 bits per heavy atom. The second kappa shape index (κ2) is 7.57. The van der Waals surface area contributed by atoms with Gasteiger partial charge in [0.15, 0.2) is 0 Å². The van der Waals surface area contributed by atoms with Gasteiger partial charge in [-0.15, -0.1) is 0 Å². The van der Waals surface area contributed by atoms with Crippen LogP contribution in [-0.4, -0.2) is 44.6 Å². The summed E-state index contributed by atoms with van der Waals surface area (Å²) in [5, 5.41) is 2.95. The predicted octanol–water partition coefficient (Wildman–Crippen LogP) is 0.298. The van der Waals surface area contributed by atoms with E-state index in [1.807, 2.05) is 0 Å². The Hall–Kier alpha value is -2.97. The van der Waals surface area contributed by atoms with Crippen molar-refractivity contribution in [2.45, 2.75) is 51.1 Å². The molecule has 3 heterocycles. The number of rotatable bonds is 5. The summed E-state index contributed by atoms with van der Waals surface area (Å²) in [7, 11) is 0. The van der Waals surface area contributed by atoms with Crippen LogP contribution in [0.3, 0.4) is 0 Å². The van der Waals surface area contributed by atoms with Crippen LogP contribution in [0.4, 0.5) is 5.82 Å². The normalized spacial score (nSPS) is 21.4. The van der Waals surface area contributed by atoms with Crippen molar-refractivity contribution in [3.05, 3.63) is 50.7 Å². The highest BCUT2D eigenvalue weighted by atomic mass is 16.2. The van der Waals surface area contributed by atoms with Crippen molar-refractivity contribution in [1.29, 1.82) is 0 Å². The molecular weight excluding hydrogens is 360 g/mol. The number of carbonyl (C=O) groups is 1. The molecule has 0 aromatic carbocycles. The van der Waals surface area contributed by atoms with Gasteiger partial charge >= 0.3 is 5.69 Å². The van der Waals surface area contributed by atoms with Crippen molar-refractivity contribution in [1.82, 2.24) is 24.8 Å². The van der Waals surface area contributed by atoms with Gasteiger partial charge in [-0.1, -0.05) is 0 Å². The molecular formula is C19H24N6O3. The van der Waals surface area contributed by atoms with Crippen LogP contribution in [0.2, 0.25) is 0 Å². The zero-order chi connectivity index (χ0) is 19.7. The van der Waals surface area contributed by atoms with Gasteiger partial charge in [0, 0.05) is 48.6 Å². The molecule has 2 fully saturated rings. The second-order valence-corrected chi connectivity index (χ2v) is 7.63. The molecule has 0 atom stereocenters. The van der Waals surface area contributed by atoms with Crippen LogP contribution in [0.5, 0.6) is 0 Å². The van der Waals surface area contributed by atoms with E-state index in [1.54, 1.807) is 13.3 Å². The van der Waals surface area contributed by atoms with E-state index in [1.165, 1.54) is 23.6 Å². The van der Waals surface area contributed by atoms with Gasteiger partial charge in [0.05, 0.1) is 0 Å². The first-order chi connectivity index (χ1) is 13.5. The van der Waals surface area contributed by atoms with Gasteiger partial charge in [0.25, 0.3) is 5.56 Å². The summed E-state index contributed by atoms with van der Waals surface area (Å²) < 4.78 is 1.22. The van der Waals surface area contributed by atoms with E-state index in [4.69, 9.17) is 0 Å². The summed E-state index contributed by atoms with van der Waals surface area (Å²) >= 11 is 0. The molecule has 9 nitrogen and oxygen atoms in total. The fourth-order valence-corrected chi connectivity index (χ4v) is 3.85. The van der Waals surface area contributed by atoms with Crippen LogP contribution in [-0.2, 0) is 11.3 Å². The number of hydrogen-bond donors (Lipinski definition) is 2. The summed E-state index contributed by atoms with van der Waals surface area (Å²) in [6.45, 7) is 3.58. The third-order valence-electron chi connectivity index (χ3n) is 5.53. The lowest BCUT2D eigenvalue weighted by atomic mass is 9.78. The van der Waals surface area contributed by atoms with Crippen molar-refractivity contribution in [3.63, 3.8) is 0 Å². The van der Waals surface area contributed by atoms with E-state index >= 15 is 0 Å². The van der Waals surface area contributed by atoms with Gasteiger partial charge in [-0.25, -0.2) is 14.8 Å². The number of aryl methyl sites for hydroxylation is 1. The monoisotopic (exact) mass is 384 g/mol. The summed E-state index contributed by atoms with van der Waals surface area (Å²) in [4.78, 5) is 48.7. The first-order valence-corrected chi connectivity index (χ1v) is 9.66. The highest BCUT2D eigenvalue weighted by molar-refractivity contribution is 5.76. The van der Waals surface area contributed by atoms with E-state index in [9.17, 15) is 14.4 Å². The van der Waals surface area contributed by atoms with Crippen LogP contribution in [0, 0.1) is 6.92 Å². The average molecular weight is 384 g/mol. The Bertz CT molecular complexity index is 986. The Morgan fingerprint density at radius 1 is 1.25 bits per heavy atom. The molecule has 0 radical (unpaired) electrons. The number of amides is 1. The van der Waals surface area contributed by atoms with Gasteiger partial charge < -0.3 is 10.2 Å². The Balaban J connectivity index is 1.31. The maximum atomic E-state index is 12.2. The molecule has 9 heteroatoms. The van der Waals surface area contributed by atoms with Crippen molar-refractivity contribution in [2.24, 2.45) is 0 Å². The molecule has 4 rings (SSSR count). The number of anilines is 1. The number of nitrogens with zero attached hydrogens (tertiary/aromatic N) is 4. The van der Waals surface area contributed by atoms with Crippen LogP contribution in [0.15, 0.2) is 28.2 Å². The first-order valence-electron chi connectivity index (χ1n) is 9.66. The van der Waals surface area contributed by atoms with Crippen molar-refractivity contribution >= 4 is 11.7 Å². The van der Waals surface area contributed by atoms with Gasteiger partial charge in [-0.3, -0.25) is 19.1 Å². The van der Waals surface area contributed by atoms with Crippen LogP contribution in [0.1, 0.15) is 42.9 Å². The third-order valence-corrected chi connectivity index (χ3v) is 5.53. The average Bonchev–Trinajstić information content (AvgIpc) is 3.17. The summed E-state index contributed by atoms with van der Waals surface area (Å²) in [6.07, 6.45) is 7.08. The van der Waals surface area contributed by atoms with Gasteiger partial charge in [0.2, 0.25) is 5.91 Å². The third kappa shape index (κ3) is 3.83. The molecule has 0 spiro atoms. The largest absolute Gasteiger partial charge is 0.357 e. The summed E-state index contributed by atoms with van der Waals surface area (Å²) in [5.41, 5.74) is 0.415. The zero-order valence-electron chi connectivity index (χ0n) is 15.9. The second-order valence-electron chi connectivity index (χ2n) is 7.63. The molecule has 2 aliphatic rings. The quantitative estimate of drug-likeness (QED) is 0.767. The Kier molecular flexibility index (Phi) is 4.97. The lowest BCUT2D eigenvalue weighted by Crippen LogP contribution is -2.46. The van der Waals surface area contributed by atoms with Gasteiger partial charge in [-0.05, 0) is 32.6 Å². The maximum Gasteiger partial charge on any atom is 0.328 e. The zero-order valence-corrected chi connectivity index (χ0v) is 15.9. The van der Waals surface area contributed by atoms with Crippen LogP contribution >= 0.6 is 0 Å². The Labute approximate surface area is 161 Å². The van der Waals surface area contributed by atoms with E-state index in [-0.39, 0.29) is 18.5 Å². The van der Waals surface area contributed by atoms with Gasteiger partial charge in [-0.2, -0.15) is 0 Å². The minimum absolute atomic E-state index is 0.0715.